The Labute approximate surface area is 107 Å². The van der Waals surface area contributed by atoms with Gasteiger partial charge in [-0.3, -0.25) is 0 Å². The van der Waals surface area contributed by atoms with Crippen LogP contribution in [0.15, 0.2) is 0 Å². The van der Waals surface area contributed by atoms with Gasteiger partial charge < -0.3 is 10.2 Å². The smallest absolute Gasteiger partial charge is 0.0107 e. The molecular weight excluding hydrogens is 208 g/mol. The van der Waals surface area contributed by atoms with Gasteiger partial charge in [0.25, 0.3) is 0 Å². The fraction of sp³-hybridized carbons (Fsp3) is 1.00. The molecule has 0 aromatic rings. The number of hydrogen-bond donors (Lipinski definition) is 1. The second-order valence-electron chi connectivity index (χ2n) is 6.17. The molecule has 1 aliphatic carbocycles. The molecule has 1 heterocycles. The van der Waals surface area contributed by atoms with Gasteiger partial charge in [-0.2, -0.15) is 0 Å². The van der Waals surface area contributed by atoms with Crippen LogP contribution >= 0.6 is 0 Å². The van der Waals surface area contributed by atoms with Gasteiger partial charge in [-0.05, 0) is 37.6 Å². The van der Waals surface area contributed by atoms with E-state index in [2.05, 4.69) is 24.1 Å². The molecular formula is C15H30N2. The molecule has 2 nitrogen and oxygen atoms in total. The predicted molar refractivity (Wildman–Crippen MR) is 74.3 cm³/mol. The molecule has 0 bridgehead atoms. The van der Waals surface area contributed by atoms with Gasteiger partial charge in [0, 0.05) is 25.7 Å². The molecule has 2 fully saturated rings. The maximum atomic E-state index is 3.67. The van der Waals surface area contributed by atoms with Gasteiger partial charge in [-0.15, -0.1) is 0 Å². The molecule has 1 aliphatic heterocycles. The maximum absolute atomic E-state index is 3.67. The maximum Gasteiger partial charge on any atom is 0.0107 e. The molecule has 1 N–H and O–H groups in total. The molecule has 2 heteroatoms. The average molecular weight is 238 g/mol. The first-order valence-electron chi connectivity index (χ1n) is 7.75. The molecule has 1 saturated carbocycles. The van der Waals surface area contributed by atoms with Crippen molar-refractivity contribution in [3.63, 3.8) is 0 Å². The Balaban J connectivity index is 1.77. The molecule has 17 heavy (non-hydrogen) atoms. The molecule has 3 unspecified atom stereocenters. The van der Waals surface area contributed by atoms with Gasteiger partial charge in [0.15, 0.2) is 0 Å². The SMILES string of the molecule is CCC1CCN(CC2CCCCC2C)CCN1. The first kappa shape index (κ1) is 13.4. The van der Waals surface area contributed by atoms with Crippen LogP contribution in [0.4, 0.5) is 0 Å². The zero-order valence-electron chi connectivity index (χ0n) is 11.8. The van der Waals surface area contributed by atoms with Crippen molar-refractivity contribution in [2.75, 3.05) is 26.2 Å². The Morgan fingerprint density at radius 1 is 1.12 bits per heavy atom. The van der Waals surface area contributed by atoms with Gasteiger partial charge in [0.2, 0.25) is 0 Å². The largest absolute Gasteiger partial charge is 0.313 e. The van der Waals surface area contributed by atoms with Crippen LogP contribution in [0.1, 0.15) is 52.4 Å². The minimum Gasteiger partial charge on any atom is -0.313 e. The van der Waals surface area contributed by atoms with Crippen molar-refractivity contribution < 1.29 is 0 Å². The number of nitrogens with zero attached hydrogens (tertiary/aromatic N) is 1. The van der Waals surface area contributed by atoms with E-state index in [-0.39, 0.29) is 0 Å². The lowest BCUT2D eigenvalue weighted by Crippen LogP contribution is -2.36. The summed E-state index contributed by atoms with van der Waals surface area (Å²) >= 11 is 0. The summed E-state index contributed by atoms with van der Waals surface area (Å²) in [5.74, 6) is 1.93. The van der Waals surface area contributed by atoms with Crippen LogP contribution in [-0.2, 0) is 0 Å². The lowest BCUT2D eigenvalue weighted by molar-refractivity contribution is 0.165. The highest BCUT2D eigenvalue weighted by molar-refractivity contribution is 4.79. The van der Waals surface area contributed by atoms with Crippen LogP contribution in [0.5, 0.6) is 0 Å². The van der Waals surface area contributed by atoms with Crippen LogP contribution in [0.2, 0.25) is 0 Å². The zero-order chi connectivity index (χ0) is 12.1. The second kappa shape index (κ2) is 6.75. The van der Waals surface area contributed by atoms with Crippen molar-refractivity contribution in [1.82, 2.24) is 10.2 Å². The van der Waals surface area contributed by atoms with Crippen molar-refractivity contribution in [3.8, 4) is 0 Å². The fourth-order valence-corrected chi connectivity index (χ4v) is 3.51. The average Bonchev–Trinajstić information content (AvgIpc) is 2.57. The van der Waals surface area contributed by atoms with Gasteiger partial charge in [0.05, 0.1) is 0 Å². The van der Waals surface area contributed by atoms with E-state index in [1.807, 2.05) is 0 Å². The number of rotatable bonds is 3. The Kier molecular flexibility index (Phi) is 5.30. The highest BCUT2D eigenvalue weighted by Crippen LogP contribution is 2.30. The molecule has 0 amide bonds. The minimum atomic E-state index is 0.767. The van der Waals surface area contributed by atoms with Crippen molar-refractivity contribution in [2.45, 2.75) is 58.4 Å². The number of hydrogen-bond acceptors (Lipinski definition) is 2. The van der Waals surface area contributed by atoms with Gasteiger partial charge in [-0.1, -0.05) is 33.1 Å². The first-order valence-corrected chi connectivity index (χ1v) is 7.75. The van der Waals surface area contributed by atoms with E-state index >= 15 is 0 Å². The van der Waals surface area contributed by atoms with Crippen LogP contribution in [-0.4, -0.2) is 37.1 Å². The van der Waals surface area contributed by atoms with Gasteiger partial charge >= 0.3 is 0 Å². The highest BCUT2D eigenvalue weighted by Gasteiger charge is 2.24. The summed E-state index contributed by atoms with van der Waals surface area (Å²) in [7, 11) is 0. The summed E-state index contributed by atoms with van der Waals surface area (Å²) < 4.78 is 0. The first-order chi connectivity index (χ1) is 8.29. The quantitative estimate of drug-likeness (QED) is 0.813. The molecule has 2 rings (SSSR count). The van der Waals surface area contributed by atoms with E-state index in [0.29, 0.717) is 0 Å². The Hall–Kier alpha value is -0.0800. The summed E-state index contributed by atoms with van der Waals surface area (Å²) in [6.45, 7) is 9.90. The Morgan fingerprint density at radius 2 is 1.94 bits per heavy atom. The Bertz CT molecular complexity index is 217. The van der Waals surface area contributed by atoms with Crippen molar-refractivity contribution in [1.29, 1.82) is 0 Å². The van der Waals surface area contributed by atoms with E-state index in [9.17, 15) is 0 Å². The molecule has 100 valence electrons. The molecule has 0 aromatic heterocycles. The van der Waals surface area contributed by atoms with Crippen LogP contribution < -0.4 is 5.32 Å². The molecule has 0 spiro atoms. The summed E-state index contributed by atoms with van der Waals surface area (Å²) in [4.78, 5) is 2.72. The lowest BCUT2D eigenvalue weighted by Gasteiger charge is -2.33. The van der Waals surface area contributed by atoms with Gasteiger partial charge in [0.1, 0.15) is 0 Å². The number of nitrogens with one attached hydrogen (secondary N) is 1. The standard InChI is InChI=1S/C15H30N2/c1-3-15-8-10-17(11-9-16-15)12-14-7-5-4-6-13(14)2/h13-16H,3-12H2,1-2H3. The normalized spacial score (nSPS) is 36.7. The third-order valence-electron chi connectivity index (χ3n) is 4.93. The summed E-state index contributed by atoms with van der Waals surface area (Å²) in [5, 5.41) is 3.67. The predicted octanol–water partition coefficient (Wildman–Crippen LogP) is 2.89. The summed E-state index contributed by atoms with van der Waals surface area (Å²) in [6.07, 6.45) is 8.51. The summed E-state index contributed by atoms with van der Waals surface area (Å²) in [5.41, 5.74) is 0. The van der Waals surface area contributed by atoms with E-state index in [4.69, 9.17) is 0 Å². The van der Waals surface area contributed by atoms with E-state index in [0.717, 1.165) is 17.9 Å². The van der Waals surface area contributed by atoms with Crippen LogP contribution in [0, 0.1) is 11.8 Å². The van der Waals surface area contributed by atoms with E-state index < -0.39 is 0 Å². The van der Waals surface area contributed by atoms with E-state index in [1.165, 1.54) is 64.7 Å². The molecule has 2 aliphatic rings. The molecule has 1 saturated heterocycles. The van der Waals surface area contributed by atoms with Crippen LogP contribution in [0.25, 0.3) is 0 Å². The van der Waals surface area contributed by atoms with Crippen LogP contribution in [0.3, 0.4) is 0 Å². The lowest BCUT2D eigenvalue weighted by atomic mass is 9.80. The van der Waals surface area contributed by atoms with Gasteiger partial charge in [-0.25, -0.2) is 0 Å². The molecule has 3 atom stereocenters. The third kappa shape index (κ3) is 3.96. The second-order valence-corrected chi connectivity index (χ2v) is 6.17. The summed E-state index contributed by atoms with van der Waals surface area (Å²) in [6, 6.07) is 0.767. The van der Waals surface area contributed by atoms with Crippen molar-refractivity contribution in [2.24, 2.45) is 11.8 Å². The fourth-order valence-electron chi connectivity index (χ4n) is 3.51. The highest BCUT2D eigenvalue weighted by atomic mass is 15.2. The Morgan fingerprint density at radius 3 is 2.71 bits per heavy atom. The third-order valence-corrected chi connectivity index (χ3v) is 4.93. The van der Waals surface area contributed by atoms with Crippen molar-refractivity contribution >= 4 is 0 Å². The topological polar surface area (TPSA) is 15.3 Å². The minimum absolute atomic E-state index is 0.767. The monoisotopic (exact) mass is 238 g/mol. The zero-order valence-corrected chi connectivity index (χ0v) is 11.8. The van der Waals surface area contributed by atoms with E-state index in [1.54, 1.807) is 0 Å². The molecule has 0 aromatic carbocycles. The van der Waals surface area contributed by atoms with Crippen molar-refractivity contribution in [3.05, 3.63) is 0 Å². The molecule has 0 radical (unpaired) electrons.